The number of hydrogen-bond acceptors (Lipinski definition) is 38. The number of aliphatic hydroxyl groups excluding tert-OH is 20. The molecule has 540 valence electrons. The fourth-order valence-electron chi connectivity index (χ4n) is 12.3. The molecule has 1 amide bonds. The van der Waals surface area contributed by atoms with Gasteiger partial charge in [0.15, 0.2) is 44.0 Å². The van der Waals surface area contributed by atoms with Gasteiger partial charge in [-0.3, -0.25) is 9.48 Å². The molecule has 21 aliphatic rings. The zero-order valence-electron chi connectivity index (χ0n) is 50.4. The second kappa shape index (κ2) is 33.9. The van der Waals surface area contributed by atoms with E-state index in [1.807, 2.05) is 0 Å². The maximum atomic E-state index is 11.9. The molecule has 40 heteroatoms. The number of nitrogens with one attached hydrogen (secondary N) is 2. The van der Waals surface area contributed by atoms with Gasteiger partial charge in [-0.05, 0) is 25.5 Å². The summed E-state index contributed by atoms with van der Waals surface area (Å²) in [6, 6.07) is 0. The summed E-state index contributed by atoms with van der Waals surface area (Å²) in [6.07, 6.45) is -64.3. The molecule has 0 aromatic carbocycles. The van der Waals surface area contributed by atoms with Crippen LogP contribution in [0.15, 0.2) is 18.9 Å². The van der Waals surface area contributed by atoms with E-state index in [1.54, 1.807) is 10.9 Å². The van der Waals surface area contributed by atoms with Crippen molar-refractivity contribution in [3.05, 3.63) is 24.5 Å². The zero-order chi connectivity index (χ0) is 68.0. The Kier molecular flexibility index (Phi) is 27.1. The van der Waals surface area contributed by atoms with Crippen LogP contribution in [0.3, 0.4) is 0 Å². The summed E-state index contributed by atoms with van der Waals surface area (Å²) in [6.45, 7) is -2.15. The van der Waals surface area contributed by atoms with Crippen LogP contribution in [0.5, 0.6) is 0 Å². The summed E-state index contributed by atoms with van der Waals surface area (Å²) >= 11 is 0. The Labute approximate surface area is 534 Å². The van der Waals surface area contributed by atoms with Crippen LogP contribution in [0.25, 0.3) is 0 Å². The average molecular weight is 1370 g/mol. The Morgan fingerprint density at radius 3 is 0.936 bits per heavy atom. The van der Waals surface area contributed by atoms with Crippen LogP contribution < -0.4 is 10.6 Å². The van der Waals surface area contributed by atoms with E-state index in [-0.39, 0.29) is 19.0 Å². The first-order valence-corrected chi connectivity index (χ1v) is 30.9. The van der Waals surface area contributed by atoms with E-state index in [4.69, 9.17) is 66.3 Å². The number of aryl methyl sites for hydroxylation is 1. The molecular formula is C54H89N5O35. The van der Waals surface area contributed by atoms with Gasteiger partial charge in [-0.2, -0.15) is 0 Å². The minimum absolute atomic E-state index is 0.161. The van der Waals surface area contributed by atoms with Gasteiger partial charge in [0.25, 0.3) is 0 Å². The van der Waals surface area contributed by atoms with Gasteiger partial charge >= 0.3 is 0 Å². The molecule has 22 heterocycles. The highest BCUT2D eigenvalue weighted by Crippen LogP contribution is 2.39. The Morgan fingerprint density at radius 2 is 0.660 bits per heavy atom. The van der Waals surface area contributed by atoms with Crippen molar-refractivity contribution in [3.63, 3.8) is 0 Å². The van der Waals surface area contributed by atoms with Crippen LogP contribution in [-0.4, -0.2) is 391 Å². The summed E-state index contributed by atoms with van der Waals surface area (Å²) in [5.74, 6) is -0.367. The molecular weight excluding hydrogens is 1280 g/mol. The number of ether oxygens (including phenoxy) is 14. The van der Waals surface area contributed by atoms with Gasteiger partial charge in [-0.25, -0.2) is 0 Å². The standard InChI is InChI=1S/C54H89N5O35/c1-2-26(66)56-9-18-11-59(58-57-18)8-6-4-3-5-7-55-10-19-41-27(67)34(74)48(81-19)89-42-20(12-60)83-50(36(76)29(42)69)91-44-22(14-62)85-52(38(78)31(44)71)93-46-24(16-64)87-54(40(80)33(46)73)94-47-25(17-65)86-53(39(79)32(47)72)92-45-23(15-63)84-51(37(77)30(45)70)90-43-21(13-61)82-49(88-41)35(75)28(43)68/h2,11,19-25,27-55,60-65,67-80H,1,3-10,12-17H2,(H,56,66). The number of rotatable bonds is 18. The predicted molar refractivity (Wildman–Crippen MR) is 295 cm³/mol. The van der Waals surface area contributed by atoms with Gasteiger partial charge in [0.2, 0.25) is 5.91 Å². The van der Waals surface area contributed by atoms with Crippen LogP contribution in [0.2, 0.25) is 0 Å². The largest absolute Gasteiger partial charge is 0.394 e. The van der Waals surface area contributed by atoms with E-state index >= 15 is 0 Å². The number of unbranched alkanes of at least 4 members (excludes halogenated alkanes) is 3. The second-order valence-corrected chi connectivity index (χ2v) is 24.0. The minimum atomic E-state index is -2.22. The highest BCUT2D eigenvalue weighted by Gasteiger charge is 2.59. The van der Waals surface area contributed by atoms with Crippen molar-refractivity contribution in [3.8, 4) is 0 Å². The Hall–Kier alpha value is -3.05. The van der Waals surface area contributed by atoms with Gasteiger partial charge in [-0.15, -0.1) is 5.10 Å². The summed E-state index contributed by atoms with van der Waals surface area (Å²) in [5, 5.41) is 238. The quantitative estimate of drug-likeness (QED) is 0.0479. The predicted octanol–water partition coefficient (Wildman–Crippen LogP) is -14.0. The van der Waals surface area contributed by atoms with E-state index in [0.29, 0.717) is 38.0 Å². The van der Waals surface area contributed by atoms with Crippen LogP contribution in [-0.2, 0) is 84.2 Å². The molecule has 40 nitrogen and oxygen atoms in total. The lowest BCUT2D eigenvalue weighted by atomic mass is 9.95. The monoisotopic (exact) mass is 1370 g/mol. The molecule has 1 aromatic heterocycles. The number of aliphatic hydroxyl groups is 20. The maximum Gasteiger partial charge on any atom is 0.243 e. The lowest BCUT2D eigenvalue weighted by Gasteiger charge is -2.50. The van der Waals surface area contributed by atoms with Gasteiger partial charge in [0.05, 0.1) is 52.4 Å². The van der Waals surface area contributed by atoms with Crippen molar-refractivity contribution in [2.24, 2.45) is 0 Å². The molecule has 22 N–H and O–H groups in total. The molecule has 35 unspecified atom stereocenters. The summed E-state index contributed by atoms with van der Waals surface area (Å²) in [5.41, 5.74) is 0.541. The smallest absolute Gasteiger partial charge is 0.243 e. The van der Waals surface area contributed by atoms with E-state index in [2.05, 4.69) is 27.5 Å². The number of nitrogens with zero attached hydrogens (tertiary/aromatic N) is 3. The molecule has 21 aliphatic heterocycles. The van der Waals surface area contributed by atoms with Gasteiger partial charge in [0.1, 0.15) is 177 Å². The third-order valence-electron chi connectivity index (χ3n) is 17.7. The molecule has 21 saturated heterocycles. The lowest BCUT2D eigenvalue weighted by molar-refractivity contribution is -0.396. The number of hydrogen-bond donors (Lipinski definition) is 22. The molecule has 35 atom stereocenters. The van der Waals surface area contributed by atoms with Gasteiger partial charge in [0, 0.05) is 13.1 Å². The van der Waals surface area contributed by atoms with Crippen LogP contribution >= 0.6 is 0 Å². The highest BCUT2D eigenvalue weighted by molar-refractivity contribution is 5.86. The summed E-state index contributed by atoms with van der Waals surface area (Å²) < 4.78 is 83.3. The fraction of sp³-hybridized carbons (Fsp3) is 0.907. The molecule has 21 fully saturated rings. The Morgan fingerprint density at radius 1 is 0.394 bits per heavy atom. The Balaban J connectivity index is 0.955. The number of amides is 1. The molecule has 0 spiro atoms. The molecule has 94 heavy (non-hydrogen) atoms. The highest BCUT2D eigenvalue weighted by atomic mass is 16.8. The van der Waals surface area contributed by atoms with Crippen LogP contribution in [0.4, 0.5) is 0 Å². The fourth-order valence-corrected chi connectivity index (χ4v) is 12.3. The SMILES string of the molecule is C=CC(=O)NCc1cn(CCCCCCNCC2OC3OC4C(CO)OC(OC5C(CO)OC(OC6C(CO)OC(OC7C(CO)OC(OC8C(CO)OC(OC9C(CO)OC(OC2C(O)C3O)C(O)C9O)C(O)C8O)C(O)C7O)C(O)C6O)C(O)C5O)C(O)C4O)nn1. The number of carbonyl (C=O) groups is 1. The third kappa shape index (κ3) is 16.5. The normalized spacial score (nSPS) is 47.4. The van der Waals surface area contributed by atoms with E-state index in [9.17, 15) is 107 Å². The Bertz CT molecular complexity index is 2470. The van der Waals surface area contributed by atoms with E-state index in [1.165, 1.54) is 0 Å². The van der Waals surface area contributed by atoms with Crippen molar-refractivity contribution in [2.75, 3.05) is 52.7 Å². The van der Waals surface area contributed by atoms with Crippen LogP contribution in [0, 0.1) is 0 Å². The van der Waals surface area contributed by atoms with Crippen molar-refractivity contribution in [1.82, 2.24) is 25.6 Å². The first kappa shape index (κ1) is 75.2. The maximum absolute atomic E-state index is 11.9. The third-order valence-corrected chi connectivity index (χ3v) is 17.7. The van der Waals surface area contributed by atoms with Crippen molar-refractivity contribution < 1.29 is 173 Å². The van der Waals surface area contributed by atoms with Crippen LogP contribution in [0.1, 0.15) is 31.4 Å². The van der Waals surface area contributed by atoms with E-state index in [0.717, 1.165) is 12.5 Å². The molecule has 22 rings (SSSR count). The minimum Gasteiger partial charge on any atom is -0.394 e. The molecule has 14 bridgehead atoms. The molecule has 0 aliphatic carbocycles. The summed E-state index contributed by atoms with van der Waals surface area (Å²) in [4.78, 5) is 11.5. The molecule has 1 aromatic rings. The molecule has 0 saturated carbocycles. The number of aromatic nitrogens is 3. The first-order valence-electron chi connectivity index (χ1n) is 30.9. The summed E-state index contributed by atoms with van der Waals surface area (Å²) in [7, 11) is 0. The second-order valence-electron chi connectivity index (χ2n) is 24.0. The topological polar surface area (TPSA) is 606 Å². The number of carbonyl (C=O) groups excluding carboxylic acids is 1. The van der Waals surface area contributed by atoms with Crippen molar-refractivity contribution >= 4 is 5.91 Å². The molecule has 0 radical (unpaired) electrons. The average Bonchev–Trinajstić information content (AvgIpc) is 0.855. The zero-order valence-corrected chi connectivity index (χ0v) is 50.4. The van der Waals surface area contributed by atoms with E-state index < -0.39 is 255 Å². The van der Waals surface area contributed by atoms with Gasteiger partial charge in [-0.1, -0.05) is 24.6 Å². The first-order chi connectivity index (χ1) is 45.0. The lowest BCUT2D eigenvalue weighted by Crippen LogP contribution is -2.68. The van der Waals surface area contributed by atoms with Crippen molar-refractivity contribution in [2.45, 2.75) is 254 Å². The van der Waals surface area contributed by atoms with Gasteiger partial charge < -0.3 is 179 Å². The van der Waals surface area contributed by atoms with Crippen molar-refractivity contribution in [1.29, 1.82) is 0 Å².